The van der Waals surface area contributed by atoms with Crippen molar-refractivity contribution >= 4 is 28.6 Å². The van der Waals surface area contributed by atoms with Gasteiger partial charge in [-0.1, -0.05) is 11.6 Å². The van der Waals surface area contributed by atoms with Crippen LogP contribution in [0.15, 0.2) is 29.9 Å². The van der Waals surface area contributed by atoms with Crippen LogP contribution in [-0.4, -0.2) is 4.98 Å². The van der Waals surface area contributed by atoms with Crippen molar-refractivity contribution in [1.29, 1.82) is 0 Å². The number of hydrogen-bond acceptors (Lipinski definition) is 3. The van der Waals surface area contributed by atoms with E-state index in [1.165, 1.54) is 0 Å². The molecule has 2 N–H and O–H groups in total. The molecule has 0 radical (unpaired) electrons. The van der Waals surface area contributed by atoms with Crippen LogP contribution in [0.3, 0.4) is 0 Å². The topological polar surface area (TPSA) is 38.9 Å². The average molecular weight is 211 g/mol. The van der Waals surface area contributed by atoms with Crippen molar-refractivity contribution in [3.8, 4) is 10.4 Å². The Balaban J connectivity index is 2.53. The fourth-order valence-electron chi connectivity index (χ4n) is 1.08. The summed E-state index contributed by atoms with van der Waals surface area (Å²) in [5.74, 6) is 0. The first-order valence-corrected chi connectivity index (χ1v) is 4.97. The number of hydrogen-bond donors (Lipinski definition) is 1. The SMILES string of the molecule is Nc1cncc(-c2sccc2Cl)c1. The number of rotatable bonds is 1. The molecule has 13 heavy (non-hydrogen) atoms. The van der Waals surface area contributed by atoms with E-state index in [0.29, 0.717) is 5.69 Å². The minimum atomic E-state index is 0.655. The summed E-state index contributed by atoms with van der Waals surface area (Å²) in [5, 5.41) is 2.69. The fourth-order valence-corrected chi connectivity index (χ4v) is 2.23. The van der Waals surface area contributed by atoms with Crippen LogP contribution in [0, 0.1) is 0 Å². The third kappa shape index (κ3) is 1.66. The lowest BCUT2D eigenvalue weighted by molar-refractivity contribution is 1.34. The monoisotopic (exact) mass is 210 g/mol. The zero-order valence-corrected chi connectivity index (χ0v) is 8.27. The van der Waals surface area contributed by atoms with E-state index in [4.69, 9.17) is 17.3 Å². The van der Waals surface area contributed by atoms with Crippen LogP contribution in [-0.2, 0) is 0 Å². The Morgan fingerprint density at radius 2 is 2.23 bits per heavy atom. The van der Waals surface area contributed by atoms with Crippen molar-refractivity contribution in [2.24, 2.45) is 0 Å². The molecule has 0 saturated carbocycles. The smallest absolute Gasteiger partial charge is 0.0592 e. The Labute approximate surface area is 85.0 Å². The summed E-state index contributed by atoms with van der Waals surface area (Å²) in [4.78, 5) is 5.02. The van der Waals surface area contributed by atoms with Gasteiger partial charge in [0.25, 0.3) is 0 Å². The molecule has 0 saturated heterocycles. The van der Waals surface area contributed by atoms with Gasteiger partial charge in [-0.2, -0.15) is 0 Å². The van der Waals surface area contributed by atoms with Crippen LogP contribution < -0.4 is 5.73 Å². The van der Waals surface area contributed by atoms with Crippen molar-refractivity contribution in [2.75, 3.05) is 5.73 Å². The molecule has 0 aliphatic heterocycles. The number of anilines is 1. The number of pyridine rings is 1. The molecule has 0 fully saturated rings. The summed E-state index contributed by atoms with van der Waals surface area (Å²) in [6.45, 7) is 0. The van der Waals surface area contributed by atoms with E-state index in [1.807, 2.05) is 17.5 Å². The van der Waals surface area contributed by atoms with Crippen molar-refractivity contribution in [1.82, 2.24) is 4.98 Å². The van der Waals surface area contributed by atoms with Gasteiger partial charge in [-0.15, -0.1) is 11.3 Å². The van der Waals surface area contributed by atoms with Gasteiger partial charge in [0.2, 0.25) is 0 Å². The molecular formula is C9H7ClN2S. The third-order valence-electron chi connectivity index (χ3n) is 1.64. The highest BCUT2D eigenvalue weighted by Gasteiger charge is 2.04. The number of halogens is 1. The maximum Gasteiger partial charge on any atom is 0.0592 e. The first-order valence-electron chi connectivity index (χ1n) is 3.71. The van der Waals surface area contributed by atoms with Crippen LogP contribution in [0.5, 0.6) is 0 Å². The van der Waals surface area contributed by atoms with E-state index in [9.17, 15) is 0 Å². The molecule has 2 rings (SSSR count). The maximum atomic E-state index is 5.97. The largest absolute Gasteiger partial charge is 0.397 e. The van der Waals surface area contributed by atoms with Crippen LogP contribution in [0.2, 0.25) is 5.02 Å². The van der Waals surface area contributed by atoms with Gasteiger partial charge in [0.05, 0.1) is 15.6 Å². The summed E-state index contributed by atoms with van der Waals surface area (Å²) < 4.78 is 0. The molecule has 0 bridgehead atoms. The lowest BCUT2D eigenvalue weighted by Crippen LogP contribution is -1.86. The first kappa shape index (κ1) is 8.53. The second kappa shape index (κ2) is 3.36. The van der Waals surface area contributed by atoms with E-state index in [1.54, 1.807) is 23.7 Å². The summed E-state index contributed by atoms with van der Waals surface area (Å²) in [5.41, 5.74) is 7.24. The molecule has 0 aliphatic carbocycles. The molecule has 2 nitrogen and oxygen atoms in total. The number of aromatic nitrogens is 1. The highest BCUT2D eigenvalue weighted by atomic mass is 35.5. The molecule has 0 spiro atoms. The number of nitrogen functional groups attached to an aromatic ring is 1. The van der Waals surface area contributed by atoms with E-state index in [-0.39, 0.29) is 0 Å². The maximum absolute atomic E-state index is 5.97. The predicted octanol–water partition coefficient (Wildman–Crippen LogP) is 3.05. The molecule has 0 atom stereocenters. The van der Waals surface area contributed by atoms with Gasteiger partial charge in [-0.05, 0) is 17.5 Å². The van der Waals surface area contributed by atoms with E-state index in [0.717, 1.165) is 15.5 Å². The molecule has 2 aromatic rings. The average Bonchev–Trinajstić information content (AvgIpc) is 2.51. The molecule has 2 heterocycles. The van der Waals surface area contributed by atoms with Gasteiger partial charge in [0, 0.05) is 18.0 Å². The van der Waals surface area contributed by atoms with E-state index >= 15 is 0 Å². The summed E-state index contributed by atoms with van der Waals surface area (Å²) in [6.07, 6.45) is 3.37. The van der Waals surface area contributed by atoms with Gasteiger partial charge in [0.1, 0.15) is 0 Å². The van der Waals surface area contributed by atoms with Gasteiger partial charge in [-0.25, -0.2) is 0 Å². The van der Waals surface area contributed by atoms with Crippen molar-refractivity contribution in [3.63, 3.8) is 0 Å². The van der Waals surface area contributed by atoms with Crippen LogP contribution in [0.1, 0.15) is 0 Å². The highest BCUT2D eigenvalue weighted by molar-refractivity contribution is 7.14. The molecule has 0 aromatic carbocycles. The Hall–Kier alpha value is -1.06. The number of nitrogens with zero attached hydrogens (tertiary/aromatic N) is 1. The number of thiophene rings is 1. The predicted molar refractivity (Wildman–Crippen MR) is 57.0 cm³/mol. The molecule has 4 heteroatoms. The lowest BCUT2D eigenvalue weighted by atomic mass is 10.2. The molecular weight excluding hydrogens is 204 g/mol. The van der Waals surface area contributed by atoms with Crippen LogP contribution >= 0.6 is 22.9 Å². The zero-order valence-electron chi connectivity index (χ0n) is 6.70. The van der Waals surface area contributed by atoms with Crippen LogP contribution in [0.4, 0.5) is 5.69 Å². The van der Waals surface area contributed by atoms with E-state index in [2.05, 4.69) is 4.98 Å². The van der Waals surface area contributed by atoms with Crippen LogP contribution in [0.25, 0.3) is 10.4 Å². The molecule has 2 aromatic heterocycles. The van der Waals surface area contributed by atoms with Crippen molar-refractivity contribution in [3.05, 3.63) is 34.9 Å². The minimum Gasteiger partial charge on any atom is -0.397 e. The van der Waals surface area contributed by atoms with Gasteiger partial charge >= 0.3 is 0 Å². The Morgan fingerprint density at radius 3 is 2.85 bits per heavy atom. The second-order valence-electron chi connectivity index (χ2n) is 2.60. The quantitative estimate of drug-likeness (QED) is 0.786. The second-order valence-corrected chi connectivity index (χ2v) is 3.93. The first-order chi connectivity index (χ1) is 6.27. The molecule has 0 unspecified atom stereocenters. The molecule has 0 aliphatic rings. The van der Waals surface area contributed by atoms with Crippen molar-refractivity contribution in [2.45, 2.75) is 0 Å². The van der Waals surface area contributed by atoms with Gasteiger partial charge in [0.15, 0.2) is 0 Å². The lowest BCUT2D eigenvalue weighted by Gasteiger charge is -1.98. The van der Waals surface area contributed by atoms with Gasteiger partial charge in [-0.3, -0.25) is 4.98 Å². The summed E-state index contributed by atoms with van der Waals surface area (Å²) in [6, 6.07) is 3.73. The summed E-state index contributed by atoms with van der Waals surface area (Å²) in [7, 11) is 0. The van der Waals surface area contributed by atoms with E-state index < -0.39 is 0 Å². The fraction of sp³-hybridized carbons (Fsp3) is 0. The highest BCUT2D eigenvalue weighted by Crippen LogP contribution is 2.33. The van der Waals surface area contributed by atoms with Gasteiger partial charge < -0.3 is 5.73 Å². The minimum absolute atomic E-state index is 0.655. The standard InChI is InChI=1S/C9H7ClN2S/c10-8-1-2-13-9(8)6-3-7(11)5-12-4-6/h1-5H,11H2. The normalized spacial score (nSPS) is 10.2. The van der Waals surface area contributed by atoms with Crippen molar-refractivity contribution < 1.29 is 0 Å². The zero-order chi connectivity index (χ0) is 9.26. The Kier molecular flexibility index (Phi) is 2.20. The number of nitrogens with two attached hydrogens (primary N) is 1. The molecule has 0 amide bonds. The Bertz CT molecular complexity index is 425. The summed E-state index contributed by atoms with van der Waals surface area (Å²) >= 11 is 7.55. The Morgan fingerprint density at radius 1 is 1.38 bits per heavy atom. The third-order valence-corrected chi connectivity index (χ3v) is 3.03. The molecule has 66 valence electrons.